The van der Waals surface area contributed by atoms with Crippen LogP contribution in [0.5, 0.6) is 0 Å². The Morgan fingerprint density at radius 3 is 2.15 bits per heavy atom. The molecule has 6 nitrogen and oxygen atoms in total. The molecular formula is C33H27N3O3. The van der Waals surface area contributed by atoms with Crippen molar-refractivity contribution in [2.24, 2.45) is 4.99 Å². The second-order valence-corrected chi connectivity index (χ2v) is 10.4. The smallest absolute Gasteiger partial charge is 0.344 e. The van der Waals surface area contributed by atoms with Crippen molar-refractivity contribution in [3.63, 3.8) is 0 Å². The molecule has 7 rings (SSSR count). The maximum Gasteiger partial charge on any atom is 0.344 e. The first-order valence-corrected chi connectivity index (χ1v) is 13.2. The van der Waals surface area contributed by atoms with Gasteiger partial charge >= 0.3 is 5.97 Å². The zero-order valence-corrected chi connectivity index (χ0v) is 21.5. The molecule has 0 aromatic heterocycles. The fourth-order valence-electron chi connectivity index (χ4n) is 6.76. The quantitative estimate of drug-likeness (QED) is 0.364. The minimum atomic E-state index is -1.51. The summed E-state index contributed by atoms with van der Waals surface area (Å²) in [5.41, 5.74) is 1.36. The molecule has 0 aliphatic carbocycles. The molecule has 1 fully saturated rings. The summed E-state index contributed by atoms with van der Waals surface area (Å²) in [5, 5.41) is 0. The van der Waals surface area contributed by atoms with Gasteiger partial charge in [-0.25, -0.2) is 9.79 Å². The molecule has 2 spiro atoms. The molecule has 0 bridgehead atoms. The highest BCUT2D eigenvalue weighted by molar-refractivity contribution is 6.17. The molecule has 0 unspecified atom stereocenters. The van der Waals surface area contributed by atoms with Gasteiger partial charge in [0.1, 0.15) is 0 Å². The Morgan fingerprint density at radius 1 is 0.821 bits per heavy atom. The van der Waals surface area contributed by atoms with Crippen molar-refractivity contribution < 1.29 is 14.3 Å². The number of fused-ring (bicyclic) bond motifs is 3. The summed E-state index contributed by atoms with van der Waals surface area (Å²) in [6.45, 7) is 0.854. The van der Waals surface area contributed by atoms with Crippen LogP contribution in [0.15, 0.2) is 120 Å². The first-order chi connectivity index (χ1) is 19.1. The maximum absolute atomic E-state index is 14.9. The number of hydrogen-bond donors (Lipinski definition) is 0. The van der Waals surface area contributed by atoms with Crippen LogP contribution in [0.3, 0.4) is 0 Å². The Hall–Kier alpha value is -4.55. The van der Waals surface area contributed by atoms with E-state index in [2.05, 4.69) is 0 Å². The summed E-state index contributed by atoms with van der Waals surface area (Å²) in [7, 11) is 1.93. The molecule has 0 N–H and O–H groups in total. The molecule has 3 aliphatic rings. The topological polar surface area (TPSA) is 62.2 Å². The number of para-hydroxylation sites is 1. The molecule has 39 heavy (non-hydrogen) atoms. The summed E-state index contributed by atoms with van der Waals surface area (Å²) in [6.07, 6.45) is 0. The highest BCUT2D eigenvalue weighted by atomic mass is 16.6. The van der Waals surface area contributed by atoms with Gasteiger partial charge in [-0.3, -0.25) is 9.69 Å². The number of likely N-dealkylation sites (tertiary alicyclic amines) is 1. The van der Waals surface area contributed by atoms with Crippen LogP contribution < -0.4 is 4.90 Å². The maximum atomic E-state index is 14.9. The van der Waals surface area contributed by atoms with Crippen molar-refractivity contribution in [1.82, 2.24) is 4.90 Å². The molecule has 0 saturated carbocycles. The Morgan fingerprint density at radius 2 is 1.44 bits per heavy atom. The first kappa shape index (κ1) is 23.6. The first-order valence-electron chi connectivity index (χ1n) is 13.2. The van der Waals surface area contributed by atoms with Gasteiger partial charge < -0.3 is 9.64 Å². The number of hydrogen-bond acceptors (Lipinski definition) is 5. The molecule has 3 atom stereocenters. The van der Waals surface area contributed by atoms with Gasteiger partial charge in [0.15, 0.2) is 5.54 Å². The van der Waals surface area contributed by atoms with E-state index < -0.39 is 23.0 Å². The number of likely N-dealkylation sites (N-methyl/N-ethyl adjacent to an activating group) is 1. The van der Waals surface area contributed by atoms with Crippen LogP contribution in [-0.2, 0) is 26.4 Å². The van der Waals surface area contributed by atoms with E-state index in [9.17, 15) is 9.59 Å². The second kappa shape index (κ2) is 8.75. The van der Waals surface area contributed by atoms with Gasteiger partial charge in [0.2, 0.25) is 11.4 Å². The van der Waals surface area contributed by atoms with Crippen molar-refractivity contribution in [2.75, 3.05) is 18.5 Å². The van der Waals surface area contributed by atoms with Crippen LogP contribution in [-0.4, -0.2) is 41.8 Å². The van der Waals surface area contributed by atoms with E-state index in [1.54, 1.807) is 4.90 Å². The zero-order chi connectivity index (χ0) is 26.6. The van der Waals surface area contributed by atoms with Gasteiger partial charge in [0.25, 0.3) is 5.91 Å². The average Bonchev–Trinajstić information content (AvgIpc) is 3.56. The molecule has 1 amide bonds. The Bertz CT molecular complexity index is 1610. The van der Waals surface area contributed by atoms with Crippen molar-refractivity contribution >= 4 is 23.5 Å². The number of carbonyl (C=O) groups is 2. The van der Waals surface area contributed by atoms with Gasteiger partial charge in [-0.15, -0.1) is 0 Å². The molecule has 4 aromatic carbocycles. The third-order valence-corrected chi connectivity index (χ3v) is 8.41. The van der Waals surface area contributed by atoms with Crippen LogP contribution >= 0.6 is 0 Å². The fourth-order valence-corrected chi connectivity index (χ4v) is 6.76. The molecule has 1 saturated heterocycles. The molecule has 3 aliphatic heterocycles. The molecule has 4 aromatic rings. The number of rotatable bonds is 4. The minimum Gasteiger partial charge on any atom is -0.405 e. The van der Waals surface area contributed by atoms with E-state index in [0.29, 0.717) is 18.7 Å². The number of anilines is 1. The lowest BCUT2D eigenvalue weighted by molar-refractivity contribution is -0.148. The number of amides is 1. The van der Waals surface area contributed by atoms with E-state index in [1.807, 2.05) is 127 Å². The SMILES string of the molecule is CN1C[C@@H](c2ccccc2)[C@@]2(N=C(c3ccccc3)OC2=O)[C@@]12C(=O)N(Cc1ccccc1)c1ccccc12. The van der Waals surface area contributed by atoms with E-state index >= 15 is 0 Å². The molecule has 0 radical (unpaired) electrons. The van der Waals surface area contributed by atoms with Crippen LogP contribution in [0.25, 0.3) is 0 Å². The summed E-state index contributed by atoms with van der Waals surface area (Å²) in [6, 6.07) is 37.0. The lowest BCUT2D eigenvalue weighted by atomic mass is 9.67. The number of cyclic esters (lactones) is 1. The minimum absolute atomic E-state index is 0.163. The summed E-state index contributed by atoms with van der Waals surface area (Å²) in [4.78, 5) is 38.3. The van der Waals surface area contributed by atoms with E-state index in [-0.39, 0.29) is 11.8 Å². The van der Waals surface area contributed by atoms with Crippen molar-refractivity contribution in [2.45, 2.75) is 23.5 Å². The number of aliphatic imine (C=N–C) groups is 1. The molecular weight excluding hydrogens is 486 g/mol. The predicted molar refractivity (Wildman–Crippen MR) is 149 cm³/mol. The number of ether oxygens (including phenoxy) is 1. The van der Waals surface area contributed by atoms with Crippen molar-refractivity contribution in [3.05, 3.63) is 138 Å². The fraction of sp³-hybridized carbons (Fsp3) is 0.182. The molecule has 3 heterocycles. The lowest BCUT2D eigenvalue weighted by Gasteiger charge is -2.40. The normalized spacial score (nSPS) is 25.8. The largest absolute Gasteiger partial charge is 0.405 e. The van der Waals surface area contributed by atoms with Crippen LogP contribution in [0.1, 0.15) is 28.2 Å². The summed E-state index contributed by atoms with van der Waals surface area (Å²) in [5.74, 6) is -0.804. The Labute approximate surface area is 227 Å². The van der Waals surface area contributed by atoms with Gasteiger partial charge in [-0.2, -0.15) is 0 Å². The standard InChI is InChI=1S/C33H27N3O3/c1-35-22-27(24-15-7-3-8-16-24)32(31(38)39-29(34-32)25-17-9-4-10-18-25)33(35)26-19-11-12-20-28(26)36(30(33)37)21-23-13-5-2-6-14-23/h2-20,27H,21-22H2,1H3/t27-,32-,33+/m0/s1. The third kappa shape index (κ3) is 3.15. The number of nitrogens with zero attached hydrogens (tertiary/aromatic N) is 3. The van der Waals surface area contributed by atoms with Gasteiger partial charge in [0.05, 0.1) is 6.54 Å². The van der Waals surface area contributed by atoms with Crippen LogP contribution in [0.2, 0.25) is 0 Å². The highest BCUT2D eigenvalue weighted by Crippen LogP contribution is 2.62. The monoisotopic (exact) mass is 513 g/mol. The Kier molecular flexibility index (Phi) is 5.28. The summed E-state index contributed by atoms with van der Waals surface area (Å²) < 4.78 is 6.00. The zero-order valence-electron chi connectivity index (χ0n) is 21.5. The third-order valence-electron chi connectivity index (χ3n) is 8.41. The van der Waals surface area contributed by atoms with E-state index in [1.165, 1.54) is 0 Å². The van der Waals surface area contributed by atoms with Gasteiger partial charge in [-0.1, -0.05) is 97.1 Å². The average molecular weight is 514 g/mol. The summed E-state index contributed by atoms with van der Waals surface area (Å²) >= 11 is 0. The van der Waals surface area contributed by atoms with Gasteiger partial charge in [-0.05, 0) is 36.4 Å². The van der Waals surface area contributed by atoms with Gasteiger partial charge in [0, 0.05) is 29.3 Å². The Balaban J connectivity index is 1.49. The number of carbonyl (C=O) groups excluding carboxylic acids is 2. The van der Waals surface area contributed by atoms with E-state index in [0.717, 1.165) is 22.4 Å². The van der Waals surface area contributed by atoms with Crippen molar-refractivity contribution in [3.8, 4) is 0 Å². The highest BCUT2D eigenvalue weighted by Gasteiger charge is 2.78. The van der Waals surface area contributed by atoms with E-state index in [4.69, 9.17) is 9.73 Å². The van der Waals surface area contributed by atoms with Crippen LogP contribution in [0.4, 0.5) is 5.69 Å². The molecule has 192 valence electrons. The second-order valence-electron chi connectivity index (χ2n) is 10.4. The van der Waals surface area contributed by atoms with Crippen LogP contribution in [0, 0.1) is 0 Å². The van der Waals surface area contributed by atoms with Crippen molar-refractivity contribution in [1.29, 1.82) is 0 Å². The number of benzene rings is 4. The number of esters is 1. The predicted octanol–water partition coefficient (Wildman–Crippen LogP) is 4.90. The molecule has 6 heteroatoms. The lowest BCUT2D eigenvalue weighted by Crippen LogP contribution is -2.62.